The molecule has 0 atom stereocenters. The number of hydrogen-bond acceptors (Lipinski definition) is 2. The minimum atomic E-state index is -3.72. The van der Waals surface area contributed by atoms with E-state index in [1.807, 2.05) is 18.2 Å². The Kier molecular flexibility index (Phi) is 4.54. The molecular formula is C18H21NO2S. The van der Waals surface area contributed by atoms with E-state index in [0.717, 1.165) is 5.56 Å². The molecule has 2 aromatic rings. The van der Waals surface area contributed by atoms with Crippen LogP contribution in [0.25, 0.3) is 12.2 Å². The molecule has 3 nitrogen and oxygen atoms in total. The van der Waals surface area contributed by atoms with Crippen LogP contribution in [0.5, 0.6) is 0 Å². The van der Waals surface area contributed by atoms with Gasteiger partial charge < -0.3 is 0 Å². The lowest BCUT2D eigenvalue weighted by molar-refractivity contribution is 0.590. The topological polar surface area (TPSA) is 60.2 Å². The van der Waals surface area contributed by atoms with Crippen molar-refractivity contribution in [2.75, 3.05) is 0 Å². The largest absolute Gasteiger partial charge is 0.238 e. The standard InChI is InChI=1S/C18H21NO2S/c1-18(2,3)16-12-9-14(10-13-16)8-11-15-6-4-5-7-17(15)22(19,20)21/h4-13H,1-3H3,(H2,19,20,21)/b11-8+. The summed E-state index contributed by atoms with van der Waals surface area (Å²) in [7, 11) is -3.72. The highest BCUT2D eigenvalue weighted by atomic mass is 32.2. The molecule has 0 aromatic heterocycles. The van der Waals surface area contributed by atoms with Crippen LogP contribution in [0.2, 0.25) is 0 Å². The predicted molar refractivity (Wildman–Crippen MR) is 91.9 cm³/mol. The van der Waals surface area contributed by atoms with Crippen LogP contribution in [-0.2, 0) is 15.4 Å². The molecule has 0 bridgehead atoms. The minimum Gasteiger partial charge on any atom is -0.225 e. The van der Waals surface area contributed by atoms with E-state index >= 15 is 0 Å². The van der Waals surface area contributed by atoms with Crippen molar-refractivity contribution in [3.05, 3.63) is 65.2 Å². The number of hydrogen-bond donors (Lipinski definition) is 1. The molecule has 0 radical (unpaired) electrons. The van der Waals surface area contributed by atoms with Gasteiger partial charge >= 0.3 is 0 Å². The van der Waals surface area contributed by atoms with Crippen molar-refractivity contribution >= 4 is 22.2 Å². The summed E-state index contributed by atoms with van der Waals surface area (Å²) in [6.07, 6.45) is 3.66. The normalized spacial score (nSPS) is 12.7. The summed E-state index contributed by atoms with van der Waals surface area (Å²) in [6.45, 7) is 6.50. The summed E-state index contributed by atoms with van der Waals surface area (Å²) < 4.78 is 23.1. The van der Waals surface area contributed by atoms with Crippen LogP contribution < -0.4 is 5.14 Å². The molecule has 2 aromatic carbocycles. The molecule has 0 spiro atoms. The first-order chi connectivity index (χ1) is 10.2. The van der Waals surface area contributed by atoms with Crippen molar-refractivity contribution in [3.63, 3.8) is 0 Å². The molecule has 2 N–H and O–H groups in total. The van der Waals surface area contributed by atoms with Crippen LogP contribution in [0.4, 0.5) is 0 Å². The maximum atomic E-state index is 11.6. The third kappa shape index (κ3) is 4.06. The molecule has 0 aliphatic heterocycles. The van der Waals surface area contributed by atoms with Crippen LogP contribution in [0.1, 0.15) is 37.5 Å². The molecule has 0 aliphatic carbocycles. The van der Waals surface area contributed by atoms with Crippen molar-refractivity contribution in [1.82, 2.24) is 0 Å². The number of benzene rings is 2. The van der Waals surface area contributed by atoms with Gasteiger partial charge in [0.2, 0.25) is 10.0 Å². The number of nitrogens with two attached hydrogens (primary N) is 1. The van der Waals surface area contributed by atoms with Gasteiger partial charge in [0.25, 0.3) is 0 Å². The van der Waals surface area contributed by atoms with Crippen LogP contribution >= 0.6 is 0 Å². The summed E-state index contributed by atoms with van der Waals surface area (Å²) in [5.41, 5.74) is 2.97. The Morgan fingerprint density at radius 2 is 1.50 bits per heavy atom. The Morgan fingerprint density at radius 1 is 0.909 bits per heavy atom. The second-order valence-corrected chi connectivity index (χ2v) is 7.82. The van der Waals surface area contributed by atoms with E-state index in [4.69, 9.17) is 5.14 Å². The quantitative estimate of drug-likeness (QED) is 0.876. The fourth-order valence-corrected chi connectivity index (χ4v) is 2.89. The van der Waals surface area contributed by atoms with Crippen molar-refractivity contribution in [2.45, 2.75) is 31.1 Å². The molecule has 116 valence electrons. The molecule has 0 saturated heterocycles. The van der Waals surface area contributed by atoms with Crippen molar-refractivity contribution in [3.8, 4) is 0 Å². The van der Waals surface area contributed by atoms with Gasteiger partial charge in [0, 0.05) is 0 Å². The van der Waals surface area contributed by atoms with Gasteiger partial charge in [-0.3, -0.25) is 0 Å². The molecule has 4 heteroatoms. The van der Waals surface area contributed by atoms with Gasteiger partial charge in [-0.1, -0.05) is 75.4 Å². The van der Waals surface area contributed by atoms with E-state index in [2.05, 4.69) is 32.9 Å². The monoisotopic (exact) mass is 315 g/mol. The molecule has 0 heterocycles. The van der Waals surface area contributed by atoms with Crippen molar-refractivity contribution in [1.29, 1.82) is 0 Å². The molecule has 0 unspecified atom stereocenters. The average Bonchev–Trinajstić information content (AvgIpc) is 2.44. The van der Waals surface area contributed by atoms with Gasteiger partial charge in [0.15, 0.2) is 0 Å². The Morgan fingerprint density at radius 3 is 2.05 bits per heavy atom. The third-order valence-electron chi connectivity index (χ3n) is 3.46. The molecule has 22 heavy (non-hydrogen) atoms. The lowest BCUT2D eigenvalue weighted by Gasteiger charge is -2.18. The van der Waals surface area contributed by atoms with E-state index in [1.165, 1.54) is 11.6 Å². The maximum Gasteiger partial charge on any atom is 0.238 e. The minimum absolute atomic E-state index is 0.114. The Labute approximate surface area is 132 Å². The van der Waals surface area contributed by atoms with E-state index in [-0.39, 0.29) is 10.3 Å². The molecule has 0 fully saturated rings. The summed E-state index contributed by atoms with van der Waals surface area (Å²) >= 11 is 0. The zero-order valence-corrected chi connectivity index (χ0v) is 13.9. The second-order valence-electron chi connectivity index (χ2n) is 6.29. The highest BCUT2D eigenvalue weighted by Crippen LogP contribution is 2.23. The molecule has 0 amide bonds. The molecule has 0 saturated carbocycles. The molecular weight excluding hydrogens is 294 g/mol. The van der Waals surface area contributed by atoms with Gasteiger partial charge in [-0.25, -0.2) is 13.6 Å². The number of rotatable bonds is 3. The smallest absolute Gasteiger partial charge is 0.225 e. The van der Waals surface area contributed by atoms with Gasteiger partial charge in [0.1, 0.15) is 0 Å². The first-order valence-electron chi connectivity index (χ1n) is 7.08. The van der Waals surface area contributed by atoms with Crippen molar-refractivity contribution < 1.29 is 8.42 Å². The lowest BCUT2D eigenvalue weighted by Crippen LogP contribution is -2.13. The SMILES string of the molecule is CC(C)(C)c1ccc(/C=C/c2ccccc2S(N)(=O)=O)cc1. The van der Waals surface area contributed by atoms with Gasteiger partial charge in [-0.2, -0.15) is 0 Å². The summed E-state index contributed by atoms with van der Waals surface area (Å²) in [5.74, 6) is 0. The number of sulfonamides is 1. The van der Waals surface area contributed by atoms with Crippen LogP contribution in [0.3, 0.4) is 0 Å². The Bertz CT molecular complexity index is 783. The van der Waals surface area contributed by atoms with E-state index in [0.29, 0.717) is 5.56 Å². The zero-order valence-electron chi connectivity index (χ0n) is 13.1. The van der Waals surface area contributed by atoms with Crippen LogP contribution in [0, 0.1) is 0 Å². The highest BCUT2D eigenvalue weighted by molar-refractivity contribution is 7.89. The number of primary sulfonamides is 1. The lowest BCUT2D eigenvalue weighted by atomic mass is 9.87. The Hall–Kier alpha value is -1.91. The first kappa shape index (κ1) is 16.5. The van der Waals surface area contributed by atoms with Crippen LogP contribution in [-0.4, -0.2) is 8.42 Å². The third-order valence-corrected chi connectivity index (χ3v) is 4.44. The Balaban J connectivity index is 2.30. The van der Waals surface area contributed by atoms with Crippen molar-refractivity contribution in [2.24, 2.45) is 5.14 Å². The molecule has 0 aliphatic rings. The van der Waals surface area contributed by atoms with E-state index < -0.39 is 10.0 Å². The summed E-state index contributed by atoms with van der Waals surface area (Å²) in [6, 6.07) is 14.9. The first-order valence-corrected chi connectivity index (χ1v) is 8.63. The molecule has 2 rings (SSSR count). The fourth-order valence-electron chi connectivity index (χ4n) is 2.16. The zero-order chi connectivity index (χ0) is 16.4. The highest BCUT2D eigenvalue weighted by Gasteiger charge is 2.13. The van der Waals surface area contributed by atoms with E-state index in [1.54, 1.807) is 24.3 Å². The van der Waals surface area contributed by atoms with Gasteiger partial charge in [-0.05, 0) is 28.2 Å². The second kappa shape index (κ2) is 6.07. The fraction of sp³-hybridized carbons (Fsp3) is 0.222. The average molecular weight is 315 g/mol. The van der Waals surface area contributed by atoms with Crippen LogP contribution in [0.15, 0.2) is 53.4 Å². The summed E-state index contributed by atoms with van der Waals surface area (Å²) in [5, 5.41) is 5.23. The summed E-state index contributed by atoms with van der Waals surface area (Å²) in [4.78, 5) is 0.137. The maximum absolute atomic E-state index is 11.6. The van der Waals surface area contributed by atoms with Gasteiger partial charge in [0.05, 0.1) is 4.90 Å². The predicted octanol–water partition coefficient (Wildman–Crippen LogP) is 3.80. The van der Waals surface area contributed by atoms with Gasteiger partial charge in [-0.15, -0.1) is 0 Å². The van der Waals surface area contributed by atoms with E-state index in [9.17, 15) is 8.42 Å².